The molecule has 0 aromatic heterocycles. The van der Waals surface area contributed by atoms with Gasteiger partial charge in [-0.1, -0.05) is 19.8 Å². The largest absolute Gasteiger partial charge is 0.376 e. The van der Waals surface area contributed by atoms with E-state index in [0.717, 1.165) is 45.4 Å². The minimum Gasteiger partial charge on any atom is -0.376 e. The van der Waals surface area contributed by atoms with E-state index in [0.29, 0.717) is 12.3 Å². The lowest BCUT2D eigenvalue weighted by Crippen LogP contribution is -2.34. The van der Waals surface area contributed by atoms with Crippen molar-refractivity contribution >= 4 is 5.91 Å². The molecule has 0 aromatic rings. The Balaban J connectivity index is 2.23. The normalized spacial score (nSPS) is 20.5. The molecule has 0 aliphatic carbocycles. The molecule has 1 aliphatic heterocycles. The van der Waals surface area contributed by atoms with Crippen molar-refractivity contribution in [3.63, 3.8) is 0 Å². The molecule has 1 aliphatic rings. The molecule has 1 amide bonds. The van der Waals surface area contributed by atoms with Crippen LogP contribution in [0.2, 0.25) is 0 Å². The van der Waals surface area contributed by atoms with E-state index in [-0.39, 0.29) is 12.0 Å². The molecular weight excluding hydrogens is 240 g/mol. The van der Waals surface area contributed by atoms with Gasteiger partial charge in [0, 0.05) is 26.6 Å². The fourth-order valence-electron chi connectivity index (χ4n) is 2.79. The maximum atomic E-state index is 12.1. The third-order valence-corrected chi connectivity index (χ3v) is 3.97. The van der Waals surface area contributed by atoms with Gasteiger partial charge in [-0.05, 0) is 38.1 Å². The Kier molecular flexibility index (Phi) is 8.07. The van der Waals surface area contributed by atoms with Crippen LogP contribution in [0.3, 0.4) is 0 Å². The highest BCUT2D eigenvalue weighted by molar-refractivity contribution is 5.75. The molecule has 1 saturated heterocycles. The fraction of sp³-hybridized carbons (Fsp3) is 0.933. The number of amides is 1. The molecule has 1 rings (SSSR count). The van der Waals surface area contributed by atoms with E-state index in [9.17, 15) is 4.79 Å². The van der Waals surface area contributed by atoms with Crippen LogP contribution in [0.1, 0.15) is 51.9 Å². The Labute approximate surface area is 117 Å². The van der Waals surface area contributed by atoms with Crippen molar-refractivity contribution in [1.82, 2.24) is 4.90 Å². The summed E-state index contributed by atoms with van der Waals surface area (Å²) in [5.41, 5.74) is 5.62. The van der Waals surface area contributed by atoms with Gasteiger partial charge in [0.1, 0.15) is 0 Å². The van der Waals surface area contributed by atoms with Crippen LogP contribution >= 0.6 is 0 Å². The lowest BCUT2D eigenvalue weighted by atomic mass is 9.94. The van der Waals surface area contributed by atoms with E-state index in [1.54, 1.807) is 0 Å². The molecule has 0 radical (unpaired) electrons. The number of rotatable bonds is 9. The number of nitrogens with zero attached hydrogens (tertiary/aromatic N) is 1. The summed E-state index contributed by atoms with van der Waals surface area (Å²) in [5, 5.41) is 0. The fourth-order valence-corrected chi connectivity index (χ4v) is 2.79. The summed E-state index contributed by atoms with van der Waals surface area (Å²) < 4.78 is 5.57. The molecule has 112 valence electrons. The molecule has 0 saturated carbocycles. The third kappa shape index (κ3) is 6.39. The average Bonchev–Trinajstić information content (AvgIpc) is 2.89. The monoisotopic (exact) mass is 270 g/mol. The molecule has 4 nitrogen and oxygen atoms in total. The molecule has 0 spiro atoms. The number of ether oxygens (including phenoxy) is 1. The van der Waals surface area contributed by atoms with Gasteiger partial charge in [-0.15, -0.1) is 0 Å². The molecule has 2 atom stereocenters. The van der Waals surface area contributed by atoms with Crippen LogP contribution in [0.4, 0.5) is 0 Å². The lowest BCUT2D eigenvalue weighted by molar-refractivity contribution is -0.131. The van der Waals surface area contributed by atoms with Crippen molar-refractivity contribution < 1.29 is 9.53 Å². The smallest absolute Gasteiger partial charge is 0.222 e. The van der Waals surface area contributed by atoms with Gasteiger partial charge in [-0.25, -0.2) is 0 Å². The molecule has 2 unspecified atom stereocenters. The third-order valence-electron chi connectivity index (χ3n) is 3.97. The Bertz CT molecular complexity index is 247. The first-order valence-electron chi connectivity index (χ1n) is 7.73. The molecule has 0 aromatic carbocycles. The first-order chi connectivity index (χ1) is 9.17. The Morgan fingerprint density at radius 2 is 2.21 bits per heavy atom. The number of hydrogen-bond donors (Lipinski definition) is 1. The predicted octanol–water partition coefficient (Wildman–Crippen LogP) is 2.17. The zero-order valence-corrected chi connectivity index (χ0v) is 12.6. The maximum Gasteiger partial charge on any atom is 0.222 e. The first kappa shape index (κ1) is 16.4. The number of carbonyl (C=O) groups is 1. The number of nitrogens with two attached hydrogens (primary N) is 1. The summed E-state index contributed by atoms with van der Waals surface area (Å²) in [7, 11) is 1.89. The highest BCUT2D eigenvalue weighted by atomic mass is 16.5. The summed E-state index contributed by atoms with van der Waals surface area (Å²) in [6, 6.07) is 0. The molecular formula is C15H30N2O2. The second-order valence-electron chi connectivity index (χ2n) is 5.68. The van der Waals surface area contributed by atoms with Crippen molar-refractivity contribution in [2.75, 3.05) is 26.7 Å². The van der Waals surface area contributed by atoms with E-state index in [1.807, 2.05) is 11.9 Å². The highest BCUT2D eigenvalue weighted by Crippen LogP contribution is 2.18. The summed E-state index contributed by atoms with van der Waals surface area (Å²) in [4.78, 5) is 13.9. The number of hydrogen-bond acceptors (Lipinski definition) is 3. The van der Waals surface area contributed by atoms with Gasteiger partial charge in [-0.3, -0.25) is 4.79 Å². The standard InChI is InChI=1S/C15H30N2O2/c1-3-5-13(9-10-16)7-8-15(18)17(2)12-14-6-4-11-19-14/h13-14H,3-12,16H2,1-2H3. The van der Waals surface area contributed by atoms with Crippen molar-refractivity contribution in [3.05, 3.63) is 0 Å². The van der Waals surface area contributed by atoms with Crippen LogP contribution in [-0.2, 0) is 9.53 Å². The van der Waals surface area contributed by atoms with Gasteiger partial charge in [0.15, 0.2) is 0 Å². The predicted molar refractivity (Wildman–Crippen MR) is 77.9 cm³/mol. The van der Waals surface area contributed by atoms with Gasteiger partial charge in [0.05, 0.1) is 6.10 Å². The van der Waals surface area contributed by atoms with E-state index in [4.69, 9.17) is 10.5 Å². The summed E-state index contributed by atoms with van der Waals surface area (Å²) in [5.74, 6) is 0.851. The van der Waals surface area contributed by atoms with Crippen LogP contribution in [0.5, 0.6) is 0 Å². The summed E-state index contributed by atoms with van der Waals surface area (Å²) in [6.07, 6.45) is 7.48. The quantitative estimate of drug-likeness (QED) is 0.698. The second-order valence-corrected chi connectivity index (χ2v) is 5.68. The van der Waals surface area contributed by atoms with Gasteiger partial charge in [-0.2, -0.15) is 0 Å². The van der Waals surface area contributed by atoms with Gasteiger partial charge in [0.25, 0.3) is 0 Å². The minimum absolute atomic E-state index is 0.244. The molecule has 1 heterocycles. The summed E-state index contributed by atoms with van der Waals surface area (Å²) in [6.45, 7) is 4.51. The zero-order chi connectivity index (χ0) is 14.1. The van der Waals surface area contributed by atoms with E-state index >= 15 is 0 Å². The molecule has 0 bridgehead atoms. The Morgan fingerprint density at radius 3 is 2.79 bits per heavy atom. The molecule has 2 N–H and O–H groups in total. The van der Waals surface area contributed by atoms with Crippen LogP contribution in [0.15, 0.2) is 0 Å². The average molecular weight is 270 g/mol. The zero-order valence-electron chi connectivity index (χ0n) is 12.6. The summed E-state index contributed by atoms with van der Waals surface area (Å²) >= 11 is 0. The maximum absolute atomic E-state index is 12.1. The molecule has 1 fully saturated rings. The Morgan fingerprint density at radius 1 is 1.42 bits per heavy atom. The Hall–Kier alpha value is -0.610. The van der Waals surface area contributed by atoms with Crippen molar-refractivity contribution in [1.29, 1.82) is 0 Å². The topological polar surface area (TPSA) is 55.6 Å². The van der Waals surface area contributed by atoms with Crippen molar-refractivity contribution in [3.8, 4) is 0 Å². The lowest BCUT2D eigenvalue weighted by Gasteiger charge is -2.22. The van der Waals surface area contributed by atoms with E-state index < -0.39 is 0 Å². The van der Waals surface area contributed by atoms with E-state index in [2.05, 4.69) is 6.92 Å². The second kappa shape index (κ2) is 9.32. The van der Waals surface area contributed by atoms with Gasteiger partial charge < -0.3 is 15.4 Å². The first-order valence-corrected chi connectivity index (χ1v) is 7.73. The van der Waals surface area contributed by atoms with Crippen LogP contribution < -0.4 is 5.73 Å². The van der Waals surface area contributed by atoms with Crippen molar-refractivity contribution in [2.45, 2.75) is 58.0 Å². The number of carbonyl (C=O) groups excluding carboxylic acids is 1. The van der Waals surface area contributed by atoms with Crippen molar-refractivity contribution in [2.24, 2.45) is 11.7 Å². The molecule has 4 heteroatoms. The van der Waals surface area contributed by atoms with Crippen LogP contribution in [0.25, 0.3) is 0 Å². The van der Waals surface area contributed by atoms with Gasteiger partial charge in [0.2, 0.25) is 5.91 Å². The van der Waals surface area contributed by atoms with E-state index in [1.165, 1.54) is 12.8 Å². The van der Waals surface area contributed by atoms with Gasteiger partial charge >= 0.3 is 0 Å². The highest BCUT2D eigenvalue weighted by Gasteiger charge is 2.20. The van der Waals surface area contributed by atoms with Crippen LogP contribution in [0, 0.1) is 5.92 Å². The number of likely N-dealkylation sites (N-methyl/N-ethyl adjacent to an activating group) is 1. The SMILES string of the molecule is CCCC(CCN)CCC(=O)N(C)CC1CCCO1. The molecule has 19 heavy (non-hydrogen) atoms. The minimum atomic E-state index is 0.244. The van der Waals surface area contributed by atoms with Crippen LogP contribution in [-0.4, -0.2) is 43.7 Å².